The van der Waals surface area contributed by atoms with E-state index in [9.17, 15) is 25.5 Å². The van der Waals surface area contributed by atoms with Gasteiger partial charge in [0.1, 0.15) is 36.6 Å². The highest BCUT2D eigenvalue weighted by atomic mass is 16.7. The summed E-state index contributed by atoms with van der Waals surface area (Å²) >= 11 is 0. The van der Waals surface area contributed by atoms with Crippen molar-refractivity contribution >= 4 is 0 Å². The van der Waals surface area contributed by atoms with Gasteiger partial charge in [0.05, 0.1) is 13.2 Å². The summed E-state index contributed by atoms with van der Waals surface area (Å²) in [7, 11) is 0. The fourth-order valence-corrected chi connectivity index (χ4v) is 1.97. The quantitative estimate of drug-likeness (QED) is 0.297. The third-order valence-corrected chi connectivity index (χ3v) is 3.22. The Morgan fingerprint density at radius 2 is 1.42 bits per heavy atom. The largest absolute Gasteiger partial charge is 0.388 e. The van der Waals surface area contributed by atoms with E-state index in [1.807, 2.05) is 0 Å². The minimum absolute atomic E-state index is 0.218. The molecule has 2 fully saturated rings. The topological polar surface area (TPSA) is 149 Å². The molecule has 2 rings (SSSR count). The van der Waals surface area contributed by atoms with E-state index >= 15 is 0 Å². The zero-order chi connectivity index (χ0) is 14.2. The first kappa shape index (κ1) is 15.0. The van der Waals surface area contributed by atoms with Crippen LogP contribution in [-0.4, -0.2) is 93.1 Å². The van der Waals surface area contributed by atoms with Crippen LogP contribution >= 0.6 is 0 Å². The van der Waals surface area contributed by atoms with Gasteiger partial charge in [0.2, 0.25) is 0 Å². The lowest BCUT2D eigenvalue weighted by molar-refractivity contribution is -0.323. The van der Waals surface area contributed by atoms with Gasteiger partial charge in [-0.05, 0) is 0 Å². The molecule has 0 bridgehead atoms. The number of aliphatic hydroxyl groups excluding tert-OH is 6. The maximum absolute atomic E-state index is 9.68. The van der Waals surface area contributed by atoms with Crippen LogP contribution in [0.3, 0.4) is 0 Å². The van der Waals surface area contributed by atoms with Crippen molar-refractivity contribution in [3.05, 3.63) is 0 Å². The van der Waals surface area contributed by atoms with E-state index in [1.165, 1.54) is 0 Å². The predicted molar refractivity (Wildman–Crippen MR) is 56.6 cm³/mol. The molecule has 4 unspecified atom stereocenters. The fraction of sp³-hybridized carbons (Fsp3) is 1.00. The van der Waals surface area contributed by atoms with Crippen LogP contribution in [0.2, 0.25) is 0 Å². The molecular weight excluding hydrogens is 264 g/mol. The second kappa shape index (κ2) is 5.95. The minimum Gasteiger partial charge on any atom is -0.388 e. The lowest BCUT2D eigenvalue weighted by atomic mass is 10.0. The molecule has 0 spiro atoms. The molecule has 0 saturated carbocycles. The van der Waals surface area contributed by atoms with Crippen LogP contribution in [0.5, 0.6) is 0 Å². The van der Waals surface area contributed by atoms with Crippen molar-refractivity contribution in [3.8, 4) is 0 Å². The fourth-order valence-electron chi connectivity index (χ4n) is 1.97. The van der Waals surface area contributed by atoms with Crippen LogP contribution in [-0.2, 0) is 14.2 Å². The first-order chi connectivity index (χ1) is 8.91. The number of hydrogen-bond acceptors (Lipinski definition) is 9. The van der Waals surface area contributed by atoms with Crippen LogP contribution < -0.4 is 0 Å². The average Bonchev–Trinajstić information content (AvgIpc) is 2.39. The molecular formula is C10H18O9. The SMILES string of the molecule is OC1C(O)[C@H](O)CO[C@H]1O[C@@H]1CO[C@@H](O)C(O)C1O. The third-order valence-electron chi connectivity index (χ3n) is 3.22. The molecule has 0 aromatic heterocycles. The molecule has 0 radical (unpaired) electrons. The number of rotatable bonds is 2. The smallest absolute Gasteiger partial charge is 0.186 e. The van der Waals surface area contributed by atoms with Crippen molar-refractivity contribution in [3.63, 3.8) is 0 Å². The van der Waals surface area contributed by atoms with Crippen LogP contribution in [0.1, 0.15) is 0 Å². The lowest BCUT2D eigenvalue weighted by Crippen LogP contribution is -2.59. The van der Waals surface area contributed by atoms with Gasteiger partial charge in [-0.3, -0.25) is 0 Å². The van der Waals surface area contributed by atoms with Crippen molar-refractivity contribution in [2.24, 2.45) is 0 Å². The molecule has 2 heterocycles. The third kappa shape index (κ3) is 3.05. The van der Waals surface area contributed by atoms with Crippen molar-refractivity contribution in [2.75, 3.05) is 13.2 Å². The maximum Gasteiger partial charge on any atom is 0.186 e. The highest BCUT2D eigenvalue weighted by Crippen LogP contribution is 2.22. The Morgan fingerprint density at radius 3 is 2.11 bits per heavy atom. The maximum atomic E-state index is 9.68. The molecule has 112 valence electrons. The zero-order valence-corrected chi connectivity index (χ0v) is 9.94. The van der Waals surface area contributed by atoms with Crippen LogP contribution in [0, 0.1) is 0 Å². The molecule has 8 atom stereocenters. The first-order valence-corrected chi connectivity index (χ1v) is 5.89. The van der Waals surface area contributed by atoms with Crippen molar-refractivity contribution in [1.82, 2.24) is 0 Å². The van der Waals surface area contributed by atoms with Gasteiger partial charge in [0, 0.05) is 0 Å². The molecule has 2 aliphatic rings. The van der Waals surface area contributed by atoms with Gasteiger partial charge in [-0.2, -0.15) is 0 Å². The van der Waals surface area contributed by atoms with Gasteiger partial charge in [0.15, 0.2) is 12.6 Å². The van der Waals surface area contributed by atoms with E-state index in [4.69, 9.17) is 19.3 Å². The molecule has 0 amide bonds. The molecule has 0 aromatic carbocycles. The second-order valence-electron chi connectivity index (χ2n) is 4.63. The molecule has 9 heteroatoms. The van der Waals surface area contributed by atoms with Crippen LogP contribution in [0.4, 0.5) is 0 Å². The monoisotopic (exact) mass is 282 g/mol. The van der Waals surface area contributed by atoms with Crippen LogP contribution in [0.15, 0.2) is 0 Å². The molecule has 19 heavy (non-hydrogen) atoms. The summed E-state index contributed by atoms with van der Waals surface area (Å²) in [6, 6.07) is 0. The van der Waals surface area contributed by atoms with Crippen molar-refractivity contribution < 1.29 is 44.8 Å². The Bertz CT molecular complexity index is 273. The van der Waals surface area contributed by atoms with Gasteiger partial charge in [-0.25, -0.2) is 0 Å². The van der Waals surface area contributed by atoms with Gasteiger partial charge in [0.25, 0.3) is 0 Å². The average molecular weight is 282 g/mol. The standard InChI is InChI=1S/C10H18O9/c11-3-1-18-10(8(15)5(3)12)19-4-2-17-9(16)7(14)6(4)13/h3-16H,1-2H2/t3-,4-,5?,6?,7?,8?,9-,10+/m1/s1. The Hall–Kier alpha value is -0.360. The Morgan fingerprint density at radius 1 is 0.737 bits per heavy atom. The number of hydrogen-bond donors (Lipinski definition) is 6. The summed E-state index contributed by atoms with van der Waals surface area (Å²) in [5, 5.41) is 56.6. The first-order valence-electron chi connectivity index (χ1n) is 5.89. The highest BCUT2D eigenvalue weighted by molar-refractivity contribution is 4.87. The summed E-state index contributed by atoms with van der Waals surface area (Å²) in [5.41, 5.74) is 0. The van der Waals surface area contributed by atoms with Gasteiger partial charge in [-0.15, -0.1) is 0 Å². The summed E-state index contributed by atoms with van der Waals surface area (Å²) in [6.45, 7) is -0.456. The summed E-state index contributed by atoms with van der Waals surface area (Å²) in [4.78, 5) is 0. The zero-order valence-electron chi connectivity index (χ0n) is 9.94. The molecule has 9 nitrogen and oxygen atoms in total. The highest BCUT2D eigenvalue weighted by Gasteiger charge is 2.44. The van der Waals surface area contributed by atoms with E-state index in [0.29, 0.717) is 0 Å². The van der Waals surface area contributed by atoms with E-state index in [1.54, 1.807) is 0 Å². The molecule has 0 aromatic rings. The number of aliphatic hydroxyl groups is 6. The Labute approximate surface area is 108 Å². The normalized spacial score (nSPS) is 52.1. The van der Waals surface area contributed by atoms with Gasteiger partial charge in [-0.1, -0.05) is 0 Å². The van der Waals surface area contributed by atoms with Crippen molar-refractivity contribution in [2.45, 2.75) is 49.2 Å². The molecule has 2 aliphatic heterocycles. The lowest BCUT2D eigenvalue weighted by Gasteiger charge is -2.40. The summed E-state index contributed by atoms with van der Waals surface area (Å²) in [5.74, 6) is 0. The predicted octanol–water partition coefficient (Wildman–Crippen LogP) is -4.12. The Kier molecular flexibility index (Phi) is 4.71. The Balaban J connectivity index is 1.94. The molecule has 6 N–H and O–H groups in total. The second-order valence-corrected chi connectivity index (χ2v) is 4.63. The molecule has 2 saturated heterocycles. The van der Waals surface area contributed by atoms with Crippen molar-refractivity contribution in [1.29, 1.82) is 0 Å². The van der Waals surface area contributed by atoms with E-state index in [2.05, 4.69) is 0 Å². The van der Waals surface area contributed by atoms with E-state index < -0.39 is 49.2 Å². The minimum atomic E-state index is -1.55. The number of ether oxygens (including phenoxy) is 3. The summed E-state index contributed by atoms with van der Waals surface area (Å²) < 4.78 is 15.0. The molecule has 0 aliphatic carbocycles. The van der Waals surface area contributed by atoms with Crippen LogP contribution in [0.25, 0.3) is 0 Å². The van der Waals surface area contributed by atoms with Gasteiger partial charge < -0.3 is 44.8 Å². The van der Waals surface area contributed by atoms with E-state index in [0.717, 1.165) is 0 Å². The van der Waals surface area contributed by atoms with Gasteiger partial charge >= 0.3 is 0 Å². The summed E-state index contributed by atoms with van der Waals surface area (Å²) in [6.07, 6.45) is -11.0. The van der Waals surface area contributed by atoms with E-state index in [-0.39, 0.29) is 13.2 Å².